The zero-order chi connectivity index (χ0) is 18.9. The minimum atomic E-state index is -0.268. The van der Waals surface area contributed by atoms with Gasteiger partial charge >= 0.3 is 0 Å². The van der Waals surface area contributed by atoms with Crippen molar-refractivity contribution in [3.63, 3.8) is 0 Å². The number of aryl methyl sites for hydroxylation is 1. The van der Waals surface area contributed by atoms with E-state index in [-0.39, 0.29) is 18.5 Å². The molecule has 0 atom stereocenters. The van der Waals surface area contributed by atoms with Crippen LogP contribution < -0.4 is 26.3 Å². The molecule has 0 unspecified atom stereocenters. The van der Waals surface area contributed by atoms with Gasteiger partial charge in [0, 0.05) is 5.69 Å². The molecule has 0 aliphatic carbocycles. The topological polar surface area (TPSA) is 124 Å². The highest BCUT2D eigenvalue weighted by atomic mass is 16.5. The largest absolute Gasteiger partial charge is 0.493 e. The third-order valence-corrected chi connectivity index (χ3v) is 3.23. The molecule has 2 aromatic rings. The van der Waals surface area contributed by atoms with Gasteiger partial charge in [0.25, 0.3) is 5.91 Å². The van der Waals surface area contributed by atoms with Gasteiger partial charge in [0.15, 0.2) is 18.1 Å². The van der Waals surface area contributed by atoms with Gasteiger partial charge in [0.2, 0.25) is 5.96 Å². The van der Waals surface area contributed by atoms with Crippen molar-refractivity contribution < 1.29 is 14.3 Å². The van der Waals surface area contributed by atoms with E-state index >= 15 is 0 Å². The Hall–Kier alpha value is -3.55. The second-order valence-corrected chi connectivity index (χ2v) is 5.39. The molecule has 0 aliphatic heterocycles. The lowest BCUT2D eigenvalue weighted by molar-refractivity contribution is -0.118. The summed E-state index contributed by atoms with van der Waals surface area (Å²) < 4.78 is 10.8. The van der Waals surface area contributed by atoms with Crippen LogP contribution in [0.2, 0.25) is 0 Å². The minimum Gasteiger partial charge on any atom is -0.493 e. The molecule has 0 fully saturated rings. The molecular formula is C18H21N5O3. The molecule has 0 saturated heterocycles. The maximum Gasteiger partial charge on any atom is 0.262 e. The normalized spacial score (nSPS) is 10.4. The van der Waals surface area contributed by atoms with Gasteiger partial charge in [-0.1, -0.05) is 12.1 Å². The Morgan fingerprint density at radius 3 is 2.69 bits per heavy atom. The molecule has 0 spiro atoms. The van der Waals surface area contributed by atoms with Crippen molar-refractivity contribution in [2.24, 2.45) is 21.7 Å². The van der Waals surface area contributed by atoms with E-state index in [1.165, 1.54) is 13.3 Å². The highest BCUT2D eigenvalue weighted by molar-refractivity contribution is 5.92. The zero-order valence-electron chi connectivity index (χ0n) is 14.6. The summed E-state index contributed by atoms with van der Waals surface area (Å²) in [5, 5.41) is 10.0. The lowest BCUT2D eigenvalue weighted by Gasteiger charge is -2.11. The number of guanidine groups is 1. The van der Waals surface area contributed by atoms with E-state index in [0.717, 1.165) is 11.3 Å². The van der Waals surface area contributed by atoms with Gasteiger partial charge in [-0.05, 0) is 48.4 Å². The molecule has 136 valence electrons. The Kier molecular flexibility index (Phi) is 6.55. The first-order chi connectivity index (χ1) is 12.5. The van der Waals surface area contributed by atoms with Gasteiger partial charge in [-0.3, -0.25) is 4.79 Å². The molecule has 0 saturated carbocycles. The summed E-state index contributed by atoms with van der Waals surface area (Å²) in [6.07, 6.45) is 1.47. The molecule has 0 aromatic heterocycles. The smallest absolute Gasteiger partial charge is 0.262 e. The van der Waals surface area contributed by atoms with Crippen LogP contribution in [0.15, 0.2) is 52.7 Å². The van der Waals surface area contributed by atoms with Crippen molar-refractivity contribution >= 4 is 23.8 Å². The first kappa shape index (κ1) is 18.8. The number of anilines is 1. The summed E-state index contributed by atoms with van der Waals surface area (Å²) in [5.41, 5.74) is 12.9. The molecule has 0 aliphatic rings. The van der Waals surface area contributed by atoms with Crippen molar-refractivity contribution in [2.45, 2.75) is 6.92 Å². The molecule has 8 nitrogen and oxygen atoms in total. The Balaban J connectivity index is 1.99. The molecule has 0 heterocycles. The van der Waals surface area contributed by atoms with Gasteiger partial charge in [0.1, 0.15) is 0 Å². The third kappa shape index (κ3) is 5.82. The number of hydrogen-bond acceptors (Lipinski definition) is 5. The number of methoxy groups -OCH3 is 1. The number of hydrogen-bond donors (Lipinski definition) is 3. The molecule has 0 bridgehead atoms. The number of benzene rings is 2. The molecule has 1 amide bonds. The molecule has 26 heavy (non-hydrogen) atoms. The number of amides is 1. The lowest BCUT2D eigenvalue weighted by Crippen LogP contribution is -2.21. The molecular weight excluding hydrogens is 334 g/mol. The van der Waals surface area contributed by atoms with Crippen LogP contribution >= 0.6 is 0 Å². The van der Waals surface area contributed by atoms with Crippen molar-refractivity contribution in [3.05, 3.63) is 53.6 Å². The number of nitrogens with zero attached hydrogens (tertiary/aromatic N) is 2. The second-order valence-electron chi connectivity index (χ2n) is 5.39. The fourth-order valence-corrected chi connectivity index (χ4v) is 2.11. The summed E-state index contributed by atoms with van der Waals surface area (Å²) >= 11 is 0. The van der Waals surface area contributed by atoms with E-state index in [1.54, 1.807) is 18.2 Å². The van der Waals surface area contributed by atoms with Crippen LogP contribution in [0.3, 0.4) is 0 Å². The summed E-state index contributed by atoms with van der Waals surface area (Å²) in [4.78, 5) is 12.0. The standard InChI is InChI=1S/C18H21N5O3/c1-12-4-3-5-14(8-12)22-17(24)11-26-15-7-6-13(9-16(15)25-2)10-21-23-18(19)20/h3-10H,11H2,1-2H3,(H,22,24)(H4,19,20,23). The quantitative estimate of drug-likeness (QED) is 0.395. The highest BCUT2D eigenvalue weighted by Crippen LogP contribution is 2.27. The molecule has 0 radical (unpaired) electrons. The summed E-state index contributed by atoms with van der Waals surface area (Å²) in [7, 11) is 1.51. The van der Waals surface area contributed by atoms with Crippen molar-refractivity contribution in [2.75, 3.05) is 19.0 Å². The number of carbonyl (C=O) groups excluding carboxylic acids is 1. The third-order valence-electron chi connectivity index (χ3n) is 3.23. The Morgan fingerprint density at radius 2 is 2.00 bits per heavy atom. The van der Waals surface area contributed by atoms with Crippen LogP contribution in [0.1, 0.15) is 11.1 Å². The second kappa shape index (κ2) is 9.07. The number of carbonyl (C=O) groups is 1. The maximum atomic E-state index is 12.0. The van der Waals surface area contributed by atoms with Crippen LogP contribution in [0.4, 0.5) is 5.69 Å². The van der Waals surface area contributed by atoms with Gasteiger partial charge in [-0.25, -0.2) is 0 Å². The van der Waals surface area contributed by atoms with Crippen LogP contribution in [0.25, 0.3) is 0 Å². The van der Waals surface area contributed by atoms with Gasteiger partial charge in [-0.15, -0.1) is 5.10 Å². The average molecular weight is 355 g/mol. The summed E-state index contributed by atoms with van der Waals surface area (Å²) in [5.74, 6) is 0.497. The van der Waals surface area contributed by atoms with Crippen LogP contribution in [0.5, 0.6) is 11.5 Å². The summed E-state index contributed by atoms with van der Waals surface area (Å²) in [6.45, 7) is 1.81. The Morgan fingerprint density at radius 1 is 1.19 bits per heavy atom. The van der Waals surface area contributed by atoms with Gasteiger partial charge in [-0.2, -0.15) is 5.10 Å². The zero-order valence-corrected chi connectivity index (χ0v) is 14.6. The van der Waals surface area contributed by atoms with E-state index < -0.39 is 0 Å². The van der Waals surface area contributed by atoms with Gasteiger partial charge in [0.05, 0.1) is 13.3 Å². The molecule has 2 rings (SSSR count). The Labute approximate surface area is 151 Å². The van der Waals surface area contributed by atoms with Crippen LogP contribution in [0, 0.1) is 6.92 Å². The average Bonchev–Trinajstić information content (AvgIpc) is 2.60. The number of nitrogens with one attached hydrogen (secondary N) is 1. The summed E-state index contributed by atoms with van der Waals surface area (Å²) in [6, 6.07) is 12.6. The fraction of sp³-hybridized carbons (Fsp3) is 0.167. The van der Waals surface area contributed by atoms with E-state index in [9.17, 15) is 4.79 Å². The molecule has 2 aromatic carbocycles. The van der Waals surface area contributed by atoms with Crippen molar-refractivity contribution in [1.29, 1.82) is 0 Å². The number of ether oxygens (including phenoxy) is 2. The fourth-order valence-electron chi connectivity index (χ4n) is 2.11. The monoisotopic (exact) mass is 355 g/mol. The highest BCUT2D eigenvalue weighted by Gasteiger charge is 2.09. The Bertz CT molecular complexity index is 829. The predicted molar refractivity (Wildman–Crippen MR) is 102 cm³/mol. The van der Waals surface area contributed by atoms with Crippen LogP contribution in [-0.4, -0.2) is 31.8 Å². The number of rotatable bonds is 7. The van der Waals surface area contributed by atoms with E-state index in [0.29, 0.717) is 17.1 Å². The lowest BCUT2D eigenvalue weighted by atomic mass is 10.2. The first-order valence-electron chi connectivity index (χ1n) is 7.77. The number of nitrogens with two attached hydrogens (primary N) is 2. The molecule has 8 heteroatoms. The van der Waals surface area contributed by atoms with Crippen molar-refractivity contribution in [1.82, 2.24) is 0 Å². The predicted octanol–water partition coefficient (Wildman–Crippen LogP) is 1.63. The first-order valence-corrected chi connectivity index (χ1v) is 7.77. The minimum absolute atomic E-state index is 0.132. The van der Waals surface area contributed by atoms with E-state index in [4.69, 9.17) is 20.9 Å². The van der Waals surface area contributed by atoms with Crippen LogP contribution in [-0.2, 0) is 4.79 Å². The maximum absolute atomic E-state index is 12.0. The molecule has 5 N–H and O–H groups in total. The van der Waals surface area contributed by atoms with E-state index in [2.05, 4.69) is 15.5 Å². The van der Waals surface area contributed by atoms with Crippen molar-refractivity contribution in [3.8, 4) is 11.5 Å². The SMILES string of the molecule is COc1cc(C=NN=C(N)N)ccc1OCC(=O)Nc1cccc(C)c1. The van der Waals surface area contributed by atoms with E-state index in [1.807, 2.05) is 31.2 Å². The van der Waals surface area contributed by atoms with Gasteiger partial charge < -0.3 is 26.3 Å².